The van der Waals surface area contributed by atoms with Gasteiger partial charge in [-0.2, -0.15) is 0 Å². The Kier molecular flexibility index (Phi) is 6.30. The van der Waals surface area contributed by atoms with Crippen LogP contribution in [0.25, 0.3) is 0 Å². The van der Waals surface area contributed by atoms with Gasteiger partial charge in [-0.05, 0) is 76.3 Å². The van der Waals surface area contributed by atoms with Crippen molar-refractivity contribution >= 4 is 17.5 Å². The van der Waals surface area contributed by atoms with Crippen molar-refractivity contribution in [2.45, 2.75) is 52.0 Å². The quantitative estimate of drug-likeness (QED) is 0.881. The van der Waals surface area contributed by atoms with E-state index >= 15 is 0 Å². The SMILES string of the molecule is CC(C)N1CCCC(CNC(=O)c2ccc(N3CCCCC3=O)cc2)C1. The number of nitrogens with one attached hydrogen (secondary N) is 1. The normalized spacial score (nSPS) is 21.9. The number of benzene rings is 1. The van der Waals surface area contributed by atoms with E-state index in [1.165, 1.54) is 19.4 Å². The van der Waals surface area contributed by atoms with Gasteiger partial charge in [-0.15, -0.1) is 0 Å². The second-order valence-electron chi connectivity index (χ2n) is 7.86. The lowest BCUT2D eigenvalue weighted by molar-refractivity contribution is -0.119. The van der Waals surface area contributed by atoms with Gasteiger partial charge in [-0.3, -0.25) is 9.59 Å². The molecule has 1 aromatic carbocycles. The van der Waals surface area contributed by atoms with E-state index in [4.69, 9.17) is 0 Å². The summed E-state index contributed by atoms with van der Waals surface area (Å²) >= 11 is 0. The van der Waals surface area contributed by atoms with E-state index in [0.717, 1.165) is 38.2 Å². The molecule has 0 aromatic heterocycles. The monoisotopic (exact) mass is 357 g/mol. The zero-order valence-electron chi connectivity index (χ0n) is 16.0. The van der Waals surface area contributed by atoms with Gasteiger partial charge in [0.2, 0.25) is 5.91 Å². The predicted molar refractivity (Wildman–Crippen MR) is 104 cm³/mol. The van der Waals surface area contributed by atoms with Crippen LogP contribution < -0.4 is 10.2 Å². The van der Waals surface area contributed by atoms with Gasteiger partial charge in [0, 0.05) is 43.3 Å². The molecule has 0 radical (unpaired) electrons. The molecule has 0 spiro atoms. The fourth-order valence-corrected chi connectivity index (χ4v) is 3.94. The highest BCUT2D eigenvalue weighted by Gasteiger charge is 2.22. The Morgan fingerprint density at radius 1 is 1.15 bits per heavy atom. The number of amides is 2. The molecule has 0 bridgehead atoms. The molecule has 2 saturated heterocycles. The number of carbonyl (C=O) groups excluding carboxylic acids is 2. The second kappa shape index (κ2) is 8.67. The van der Waals surface area contributed by atoms with Gasteiger partial charge in [0.25, 0.3) is 5.91 Å². The fraction of sp³-hybridized carbons (Fsp3) is 0.619. The van der Waals surface area contributed by atoms with Crippen LogP contribution in [0.2, 0.25) is 0 Å². The molecule has 1 unspecified atom stereocenters. The molecule has 2 aliphatic heterocycles. The molecular weight excluding hydrogens is 326 g/mol. The lowest BCUT2D eigenvalue weighted by Gasteiger charge is -2.35. The summed E-state index contributed by atoms with van der Waals surface area (Å²) in [6, 6.07) is 8.00. The Hall–Kier alpha value is -1.88. The van der Waals surface area contributed by atoms with Crippen molar-refractivity contribution in [2.24, 2.45) is 5.92 Å². The number of anilines is 1. The van der Waals surface area contributed by atoms with Crippen LogP contribution in [0.15, 0.2) is 24.3 Å². The van der Waals surface area contributed by atoms with E-state index in [9.17, 15) is 9.59 Å². The molecular formula is C21H31N3O2. The Balaban J connectivity index is 1.52. The summed E-state index contributed by atoms with van der Waals surface area (Å²) in [5, 5.41) is 3.09. The van der Waals surface area contributed by atoms with Crippen molar-refractivity contribution in [3.8, 4) is 0 Å². The van der Waals surface area contributed by atoms with E-state index in [2.05, 4.69) is 24.1 Å². The Morgan fingerprint density at radius 3 is 2.62 bits per heavy atom. The highest BCUT2D eigenvalue weighted by molar-refractivity contribution is 5.96. The summed E-state index contributed by atoms with van der Waals surface area (Å²) in [6.07, 6.45) is 5.03. The maximum absolute atomic E-state index is 12.4. The third-order valence-corrected chi connectivity index (χ3v) is 5.60. The largest absolute Gasteiger partial charge is 0.352 e. The molecule has 2 aliphatic rings. The van der Waals surface area contributed by atoms with Gasteiger partial charge >= 0.3 is 0 Å². The number of hydrogen-bond acceptors (Lipinski definition) is 3. The van der Waals surface area contributed by atoms with Crippen LogP contribution in [0.3, 0.4) is 0 Å². The van der Waals surface area contributed by atoms with Crippen molar-refractivity contribution in [2.75, 3.05) is 31.1 Å². The third kappa shape index (κ3) is 4.64. The molecule has 5 nitrogen and oxygen atoms in total. The van der Waals surface area contributed by atoms with Gasteiger partial charge in [-0.25, -0.2) is 0 Å². The van der Waals surface area contributed by atoms with Gasteiger partial charge in [0.05, 0.1) is 0 Å². The topological polar surface area (TPSA) is 52.7 Å². The molecule has 2 fully saturated rings. The second-order valence-corrected chi connectivity index (χ2v) is 7.86. The average Bonchev–Trinajstić information content (AvgIpc) is 2.67. The average molecular weight is 357 g/mol. The molecule has 1 N–H and O–H groups in total. The molecule has 1 atom stereocenters. The standard InChI is InChI=1S/C21H31N3O2/c1-16(2)23-12-5-6-17(15-23)14-22-21(26)18-8-10-19(11-9-18)24-13-4-3-7-20(24)25/h8-11,16-17H,3-7,12-15H2,1-2H3,(H,22,26). The summed E-state index contributed by atoms with van der Waals surface area (Å²) in [5.41, 5.74) is 1.56. The number of likely N-dealkylation sites (tertiary alicyclic amines) is 1. The van der Waals surface area contributed by atoms with Crippen LogP contribution in [0.4, 0.5) is 5.69 Å². The first kappa shape index (κ1) is 18.9. The first-order valence-electron chi connectivity index (χ1n) is 9.97. The fourth-order valence-electron chi connectivity index (χ4n) is 3.94. The van der Waals surface area contributed by atoms with E-state index in [-0.39, 0.29) is 11.8 Å². The first-order valence-corrected chi connectivity index (χ1v) is 9.97. The van der Waals surface area contributed by atoms with Crippen LogP contribution in [-0.4, -0.2) is 48.9 Å². The van der Waals surface area contributed by atoms with Crippen LogP contribution >= 0.6 is 0 Å². The van der Waals surface area contributed by atoms with Gasteiger partial charge < -0.3 is 15.1 Å². The van der Waals surface area contributed by atoms with Crippen molar-refractivity contribution in [1.82, 2.24) is 10.2 Å². The molecule has 3 rings (SSSR count). The van der Waals surface area contributed by atoms with Crippen molar-refractivity contribution in [3.05, 3.63) is 29.8 Å². The minimum atomic E-state index is -0.0248. The lowest BCUT2D eigenvalue weighted by Crippen LogP contribution is -2.43. The van der Waals surface area contributed by atoms with E-state index in [1.54, 1.807) is 0 Å². The van der Waals surface area contributed by atoms with Crippen LogP contribution in [0.1, 0.15) is 56.3 Å². The molecule has 142 valence electrons. The first-order chi connectivity index (χ1) is 12.5. The lowest BCUT2D eigenvalue weighted by atomic mass is 9.97. The maximum atomic E-state index is 12.4. The van der Waals surface area contributed by atoms with E-state index in [0.29, 0.717) is 23.9 Å². The van der Waals surface area contributed by atoms with E-state index < -0.39 is 0 Å². The van der Waals surface area contributed by atoms with Crippen LogP contribution in [-0.2, 0) is 4.79 Å². The van der Waals surface area contributed by atoms with Crippen molar-refractivity contribution < 1.29 is 9.59 Å². The van der Waals surface area contributed by atoms with Crippen LogP contribution in [0, 0.1) is 5.92 Å². The number of piperidine rings is 2. The Morgan fingerprint density at radius 2 is 1.92 bits per heavy atom. The summed E-state index contributed by atoms with van der Waals surface area (Å²) in [4.78, 5) is 28.8. The third-order valence-electron chi connectivity index (χ3n) is 5.60. The number of rotatable bonds is 5. The molecule has 5 heteroatoms. The highest BCUT2D eigenvalue weighted by atomic mass is 16.2. The molecule has 2 amide bonds. The summed E-state index contributed by atoms with van der Waals surface area (Å²) in [5.74, 6) is 0.684. The smallest absolute Gasteiger partial charge is 0.251 e. The van der Waals surface area contributed by atoms with Gasteiger partial charge in [-0.1, -0.05) is 0 Å². The number of nitrogens with zero attached hydrogens (tertiary/aromatic N) is 2. The highest BCUT2D eigenvalue weighted by Crippen LogP contribution is 2.21. The molecule has 26 heavy (non-hydrogen) atoms. The Labute approximate surface area is 156 Å². The maximum Gasteiger partial charge on any atom is 0.251 e. The molecule has 0 saturated carbocycles. The zero-order chi connectivity index (χ0) is 18.5. The number of carbonyl (C=O) groups is 2. The predicted octanol–water partition coefficient (Wildman–Crippen LogP) is 3.05. The molecule has 1 aromatic rings. The van der Waals surface area contributed by atoms with E-state index in [1.807, 2.05) is 29.2 Å². The zero-order valence-corrected chi connectivity index (χ0v) is 16.0. The summed E-state index contributed by atoms with van der Waals surface area (Å²) in [6.45, 7) is 8.20. The van der Waals surface area contributed by atoms with Gasteiger partial charge in [0.15, 0.2) is 0 Å². The minimum Gasteiger partial charge on any atom is -0.352 e. The summed E-state index contributed by atoms with van der Waals surface area (Å²) in [7, 11) is 0. The number of hydrogen-bond donors (Lipinski definition) is 1. The molecule has 0 aliphatic carbocycles. The minimum absolute atomic E-state index is 0.0248. The van der Waals surface area contributed by atoms with Crippen LogP contribution in [0.5, 0.6) is 0 Å². The van der Waals surface area contributed by atoms with Crippen molar-refractivity contribution in [1.29, 1.82) is 0 Å². The Bertz CT molecular complexity index is 627. The summed E-state index contributed by atoms with van der Waals surface area (Å²) < 4.78 is 0. The van der Waals surface area contributed by atoms with Gasteiger partial charge in [0.1, 0.15) is 0 Å². The molecule has 2 heterocycles. The van der Waals surface area contributed by atoms with Crippen molar-refractivity contribution in [3.63, 3.8) is 0 Å².